The predicted molar refractivity (Wildman–Crippen MR) is 105 cm³/mol. The average Bonchev–Trinajstić information content (AvgIpc) is 2.71. The number of halogens is 3. The molecule has 0 atom stereocenters. The molecule has 27 heavy (non-hydrogen) atoms. The third-order valence-electron chi connectivity index (χ3n) is 7.07. The second-order valence-corrected chi connectivity index (χ2v) is 8.71. The molecule has 0 amide bonds. The SMILES string of the molecule is F/C=C/CCCC[C@H]1CC[C@H](C2CCC(c3ccc(F)c(F)c3)CC2)CC1. The molecule has 0 spiro atoms. The van der Waals surface area contributed by atoms with Crippen molar-refractivity contribution in [2.75, 3.05) is 0 Å². The van der Waals surface area contributed by atoms with Gasteiger partial charge in [-0.25, -0.2) is 13.2 Å². The van der Waals surface area contributed by atoms with E-state index >= 15 is 0 Å². The number of hydrogen-bond acceptors (Lipinski definition) is 0. The molecular weight excluding hydrogens is 345 g/mol. The number of allylic oxidation sites excluding steroid dienone is 1. The minimum Gasteiger partial charge on any atom is -0.216 e. The molecule has 1 aromatic rings. The van der Waals surface area contributed by atoms with Crippen LogP contribution in [-0.4, -0.2) is 0 Å². The van der Waals surface area contributed by atoms with Crippen LogP contribution >= 0.6 is 0 Å². The molecule has 2 fully saturated rings. The standard InChI is InChI=1S/C24H33F3/c25-16-4-2-1-3-5-18-6-8-19(9-7-18)20-10-12-21(13-11-20)22-14-15-23(26)24(27)17-22/h4,14-21H,1-3,5-13H2/b16-4+/t18-,19-,20?,21?. The zero-order chi connectivity index (χ0) is 19.1. The second-order valence-electron chi connectivity index (χ2n) is 8.71. The Hall–Kier alpha value is -1.25. The molecule has 2 aliphatic rings. The minimum atomic E-state index is -0.747. The van der Waals surface area contributed by atoms with Crippen LogP contribution in [-0.2, 0) is 0 Å². The Labute approximate surface area is 162 Å². The summed E-state index contributed by atoms with van der Waals surface area (Å²) in [6.07, 6.45) is 16.9. The van der Waals surface area contributed by atoms with Gasteiger partial charge in [0.15, 0.2) is 11.6 Å². The lowest BCUT2D eigenvalue weighted by Gasteiger charge is -2.38. The highest BCUT2D eigenvalue weighted by Gasteiger charge is 2.31. The minimum absolute atomic E-state index is 0.394. The highest BCUT2D eigenvalue weighted by Crippen LogP contribution is 2.44. The van der Waals surface area contributed by atoms with E-state index in [1.807, 2.05) is 0 Å². The summed E-state index contributed by atoms with van der Waals surface area (Å²) in [4.78, 5) is 0. The Morgan fingerprint density at radius 2 is 1.48 bits per heavy atom. The van der Waals surface area contributed by atoms with Crippen LogP contribution in [0.15, 0.2) is 30.6 Å². The lowest BCUT2D eigenvalue weighted by atomic mass is 9.68. The van der Waals surface area contributed by atoms with Gasteiger partial charge in [-0.3, -0.25) is 0 Å². The molecule has 2 saturated carbocycles. The normalized spacial score (nSPS) is 29.3. The van der Waals surface area contributed by atoms with Crippen molar-refractivity contribution in [2.24, 2.45) is 17.8 Å². The number of unbranched alkanes of at least 4 members (excludes halogenated alkanes) is 2. The summed E-state index contributed by atoms with van der Waals surface area (Å²) in [5.74, 6) is 1.49. The molecule has 3 rings (SSSR count). The number of benzene rings is 1. The first-order chi connectivity index (χ1) is 13.2. The van der Waals surface area contributed by atoms with Gasteiger partial charge < -0.3 is 0 Å². The van der Waals surface area contributed by atoms with Crippen LogP contribution in [0, 0.1) is 29.4 Å². The van der Waals surface area contributed by atoms with Crippen molar-refractivity contribution in [3.8, 4) is 0 Å². The Balaban J connectivity index is 1.37. The summed E-state index contributed by atoms with van der Waals surface area (Å²) in [7, 11) is 0. The van der Waals surface area contributed by atoms with E-state index in [-0.39, 0.29) is 0 Å². The predicted octanol–water partition coefficient (Wildman–Crippen LogP) is 8.09. The van der Waals surface area contributed by atoms with Crippen LogP contribution in [0.2, 0.25) is 0 Å². The van der Waals surface area contributed by atoms with Crippen molar-refractivity contribution < 1.29 is 13.2 Å². The van der Waals surface area contributed by atoms with Crippen LogP contribution in [0.4, 0.5) is 13.2 Å². The van der Waals surface area contributed by atoms with Crippen LogP contribution in [0.1, 0.15) is 88.5 Å². The van der Waals surface area contributed by atoms with E-state index in [2.05, 4.69) is 0 Å². The van der Waals surface area contributed by atoms with E-state index in [1.165, 1.54) is 63.5 Å². The van der Waals surface area contributed by atoms with Gasteiger partial charge in [-0.05, 0) is 92.7 Å². The molecular formula is C24H33F3. The highest BCUT2D eigenvalue weighted by molar-refractivity contribution is 5.22. The van der Waals surface area contributed by atoms with E-state index < -0.39 is 11.6 Å². The van der Waals surface area contributed by atoms with Crippen molar-refractivity contribution in [1.29, 1.82) is 0 Å². The fourth-order valence-electron chi connectivity index (χ4n) is 5.40. The highest BCUT2D eigenvalue weighted by atomic mass is 19.2. The van der Waals surface area contributed by atoms with Crippen LogP contribution in [0.25, 0.3) is 0 Å². The van der Waals surface area contributed by atoms with Gasteiger partial charge in [-0.2, -0.15) is 0 Å². The lowest BCUT2D eigenvalue weighted by Crippen LogP contribution is -2.25. The average molecular weight is 379 g/mol. The molecule has 0 nitrogen and oxygen atoms in total. The topological polar surface area (TPSA) is 0 Å². The Morgan fingerprint density at radius 1 is 0.815 bits per heavy atom. The van der Waals surface area contributed by atoms with Gasteiger partial charge >= 0.3 is 0 Å². The van der Waals surface area contributed by atoms with E-state index in [1.54, 1.807) is 12.1 Å². The van der Waals surface area contributed by atoms with Gasteiger partial charge in [0.25, 0.3) is 0 Å². The summed E-state index contributed by atoms with van der Waals surface area (Å²) >= 11 is 0. The molecule has 0 radical (unpaired) electrons. The van der Waals surface area contributed by atoms with Crippen LogP contribution < -0.4 is 0 Å². The van der Waals surface area contributed by atoms with Gasteiger partial charge in [-0.1, -0.05) is 37.8 Å². The molecule has 0 bridgehead atoms. The van der Waals surface area contributed by atoms with Gasteiger partial charge in [-0.15, -0.1) is 0 Å². The fraction of sp³-hybridized carbons (Fsp3) is 0.667. The Bertz CT molecular complexity index is 594. The summed E-state index contributed by atoms with van der Waals surface area (Å²) in [6.45, 7) is 0. The Kier molecular flexibility index (Phi) is 7.84. The third-order valence-corrected chi connectivity index (χ3v) is 7.07. The Morgan fingerprint density at radius 3 is 2.11 bits per heavy atom. The van der Waals surface area contributed by atoms with Crippen molar-refractivity contribution in [3.63, 3.8) is 0 Å². The first-order valence-electron chi connectivity index (χ1n) is 10.9. The van der Waals surface area contributed by atoms with E-state index in [9.17, 15) is 13.2 Å². The van der Waals surface area contributed by atoms with Crippen LogP contribution in [0.3, 0.4) is 0 Å². The molecule has 150 valence electrons. The first kappa shape index (κ1) is 20.5. The maximum Gasteiger partial charge on any atom is 0.159 e. The maximum atomic E-state index is 13.5. The van der Waals surface area contributed by atoms with Crippen molar-refractivity contribution in [1.82, 2.24) is 0 Å². The van der Waals surface area contributed by atoms with E-state index in [4.69, 9.17) is 0 Å². The largest absolute Gasteiger partial charge is 0.216 e. The molecule has 0 aromatic heterocycles. The van der Waals surface area contributed by atoms with Crippen molar-refractivity contribution in [3.05, 3.63) is 47.8 Å². The molecule has 0 saturated heterocycles. The zero-order valence-electron chi connectivity index (χ0n) is 16.3. The summed E-state index contributed by atoms with van der Waals surface area (Å²) < 4.78 is 38.6. The smallest absolute Gasteiger partial charge is 0.159 e. The monoisotopic (exact) mass is 378 g/mol. The first-order valence-corrected chi connectivity index (χ1v) is 10.9. The van der Waals surface area contributed by atoms with E-state index in [0.29, 0.717) is 12.2 Å². The summed E-state index contributed by atoms with van der Waals surface area (Å²) in [5.41, 5.74) is 0.971. The third kappa shape index (κ3) is 5.86. The second kappa shape index (κ2) is 10.3. The molecule has 0 N–H and O–H groups in total. The van der Waals surface area contributed by atoms with Crippen molar-refractivity contribution in [2.45, 2.75) is 83.0 Å². The van der Waals surface area contributed by atoms with Crippen LogP contribution in [0.5, 0.6) is 0 Å². The molecule has 0 aliphatic heterocycles. The molecule has 2 aliphatic carbocycles. The molecule has 0 heterocycles. The number of hydrogen-bond donors (Lipinski definition) is 0. The number of rotatable bonds is 7. The van der Waals surface area contributed by atoms with Gasteiger partial charge in [0.1, 0.15) is 0 Å². The fourth-order valence-corrected chi connectivity index (χ4v) is 5.40. The molecule has 0 unspecified atom stereocenters. The van der Waals surface area contributed by atoms with Gasteiger partial charge in [0.2, 0.25) is 0 Å². The van der Waals surface area contributed by atoms with Crippen molar-refractivity contribution >= 4 is 0 Å². The summed E-state index contributed by atoms with van der Waals surface area (Å²) in [5, 5.41) is 0. The lowest BCUT2D eigenvalue weighted by molar-refractivity contribution is 0.155. The quantitative estimate of drug-likeness (QED) is 0.421. The summed E-state index contributed by atoms with van der Waals surface area (Å²) in [6, 6.07) is 4.43. The zero-order valence-corrected chi connectivity index (χ0v) is 16.3. The molecule has 3 heteroatoms. The maximum absolute atomic E-state index is 13.5. The van der Waals surface area contributed by atoms with Gasteiger partial charge in [0.05, 0.1) is 6.33 Å². The van der Waals surface area contributed by atoms with E-state index in [0.717, 1.165) is 49.0 Å². The van der Waals surface area contributed by atoms with Gasteiger partial charge in [0, 0.05) is 0 Å². The molecule has 1 aromatic carbocycles.